The average molecular weight is 456 g/mol. The van der Waals surface area contributed by atoms with E-state index in [4.69, 9.17) is 9.47 Å². The fraction of sp³-hybridized carbons (Fsp3) is 0.241. The van der Waals surface area contributed by atoms with Gasteiger partial charge in [0, 0.05) is 23.3 Å². The molecule has 174 valence electrons. The van der Waals surface area contributed by atoms with E-state index in [-0.39, 0.29) is 11.8 Å². The van der Waals surface area contributed by atoms with Crippen molar-refractivity contribution in [1.29, 1.82) is 0 Å². The number of benzene rings is 3. The maximum Gasteiger partial charge on any atom is 0.328 e. The Morgan fingerprint density at radius 3 is 2.35 bits per heavy atom. The van der Waals surface area contributed by atoms with Crippen LogP contribution in [-0.2, 0) is 29.0 Å². The number of hydrogen-bond acceptors (Lipinski definition) is 5. The van der Waals surface area contributed by atoms with E-state index in [1.807, 2.05) is 85.8 Å². The van der Waals surface area contributed by atoms with Gasteiger partial charge in [0.05, 0.1) is 7.11 Å². The molecule has 0 saturated heterocycles. The molecule has 0 unspecified atom stereocenters. The van der Waals surface area contributed by atoms with Crippen LogP contribution in [0.1, 0.15) is 40.4 Å². The Morgan fingerprint density at radius 2 is 1.62 bits per heavy atom. The molecule has 3 aromatic rings. The van der Waals surface area contributed by atoms with Crippen molar-refractivity contribution < 1.29 is 19.1 Å². The number of fused-ring (bicyclic) bond motifs is 1. The Balaban J connectivity index is 1.44. The van der Waals surface area contributed by atoms with Crippen molar-refractivity contribution in [1.82, 2.24) is 5.32 Å². The summed E-state index contributed by atoms with van der Waals surface area (Å²) in [6.07, 6.45) is 1.89. The van der Waals surface area contributed by atoms with E-state index in [9.17, 15) is 9.59 Å². The molecule has 0 saturated carbocycles. The largest absolute Gasteiger partial charge is 0.489 e. The van der Waals surface area contributed by atoms with Gasteiger partial charge in [0.25, 0.3) is 0 Å². The van der Waals surface area contributed by atoms with Crippen molar-refractivity contribution in [3.8, 4) is 5.75 Å². The number of nitrogens with one attached hydrogen (secondary N) is 1. The van der Waals surface area contributed by atoms with Crippen molar-refractivity contribution in [3.63, 3.8) is 0 Å². The number of rotatable bonds is 8. The average Bonchev–Trinajstić information content (AvgIpc) is 2.88. The number of allylic oxidation sites excluding steroid dienone is 2. The smallest absolute Gasteiger partial charge is 0.328 e. The number of ether oxygens (including phenoxy) is 2. The quantitative estimate of drug-likeness (QED) is 0.381. The lowest BCUT2D eigenvalue weighted by atomic mass is 9.86. The third kappa shape index (κ3) is 5.54. The molecule has 1 aliphatic rings. The monoisotopic (exact) mass is 455 g/mol. The Hall–Kier alpha value is -3.86. The van der Waals surface area contributed by atoms with Crippen LogP contribution in [0.15, 0.2) is 90.1 Å². The van der Waals surface area contributed by atoms with E-state index in [0.29, 0.717) is 19.4 Å². The molecule has 34 heavy (non-hydrogen) atoms. The van der Waals surface area contributed by atoms with Gasteiger partial charge in [-0.15, -0.1) is 0 Å². The van der Waals surface area contributed by atoms with Crippen LogP contribution in [-0.4, -0.2) is 24.9 Å². The van der Waals surface area contributed by atoms with E-state index in [0.717, 1.165) is 45.7 Å². The first-order valence-electron chi connectivity index (χ1n) is 11.5. The van der Waals surface area contributed by atoms with Crippen LogP contribution in [0.5, 0.6) is 5.75 Å². The van der Waals surface area contributed by atoms with E-state index in [2.05, 4.69) is 5.32 Å². The topological polar surface area (TPSA) is 64.6 Å². The van der Waals surface area contributed by atoms with Gasteiger partial charge >= 0.3 is 5.97 Å². The second kappa shape index (κ2) is 10.8. The summed E-state index contributed by atoms with van der Waals surface area (Å²) in [6, 6.07) is 24.8. The van der Waals surface area contributed by atoms with Crippen molar-refractivity contribution in [3.05, 3.63) is 112 Å². The summed E-state index contributed by atoms with van der Waals surface area (Å²) < 4.78 is 10.9. The van der Waals surface area contributed by atoms with Crippen LogP contribution in [0.4, 0.5) is 0 Å². The number of Topliss-reactive ketones (excluding diaryl/α,β-unsaturated/α-hetero) is 1. The first-order chi connectivity index (χ1) is 16.5. The highest BCUT2D eigenvalue weighted by atomic mass is 16.5. The van der Waals surface area contributed by atoms with Gasteiger partial charge in [-0.1, -0.05) is 66.7 Å². The molecule has 0 spiro atoms. The van der Waals surface area contributed by atoms with Gasteiger partial charge in [-0.2, -0.15) is 0 Å². The maximum atomic E-state index is 13.0. The fourth-order valence-corrected chi connectivity index (χ4v) is 4.24. The molecule has 5 nitrogen and oxygen atoms in total. The Labute approximate surface area is 200 Å². The van der Waals surface area contributed by atoms with Crippen molar-refractivity contribution in [2.45, 2.75) is 38.8 Å². The lowest BCUT2D eigenvalue weighted by Crippen LogP contribution is -2.39. The van der Waals surface area contributed by atoms with Gasteiger partial charge < -0.3 is 14.8 Å². The molecule has 4 rings (SSSR count). The summed E-state index contributed by atoms with van der Waals surface area (Å²) in [5.74, 6) is 0.420. The van der Waals surface area contributed by atoms with Gasteiger partial charge in [0.2, 0.25) is 0 Å². The number of methoxy groups -OCH3 is 1. The predicted octanol–water partition coefficient (Wildman–Crippen LogP) is 5.04. The van der Waals surface area contributed by atoms with Crippen molar-refractivity contribution in [2.24, 2.45) is 0 Å². The summed E-state index contributed by atoms with van der Waals surface area (Å²) in [6.45, 7) is 2.36. The summed E-state index contributed by atoms with van der Waals surface area (Å²) in [5, 5.41) is 3.26. The van der Waals surface area contributed by atoms with Gasteiger partial charge in [-0.25, -0.2) is 4.79 Å². The molecule has 0 bridgehead atoms. The molecule has 3 aromatic carbocycles. The number of esters is 1. The third-order valence-electron chi connectivity index (χ3n) is 6.12. The zero-order valence-electron chi connectivity index (χ0n) is 19.5. The Kier molecular flexibility index (Phi) is 7.43. The summed E-state index contributed by atoms with van der Waals surface area (Å²) in [4.78, 5) is 25.5. The molecule has 0 aromatic heterocycles. The summed E-state index contributed by atoms with van der Waals surface area (Å²) in [5.41, 5.74) is 5.32. The Bertz CT molecular complexity index is 1180. The van der Waals surface area contributed by atoms with Crippen LogP contribution in [0.25, 0.3) is 0 Å². The Morgan fingerprint density at radius 1 is 0.912 bits per heavy atom. The molecule has 1 aliphatic carbocycles. The number of aryl methyl sites for hydroxylation is 1. The van der Waals surface area contributed by atoms with E-state index >= 15 is 0 Å². The van der Waals surface area contributed by atoms with Crippen molar-refractivity contribution >= 4 is 11.8 Å². The van der Waals surface area contributed by atoms with Crippen LogP contribution >= 0.6 is 0 Å². The molecular weight excluding hydrogens is 426 g/mol. The molecule has 5 heteroatoms. The fourth-order valence-electron chi connectivity index (χ4n) is 4.24. The van der Waals surface area contributed by atoms with Crippen LogP contribution in [0.3, 0.4) is 0 Å². The summed E-state index contributed by atoms with van der Waals surface area (Å²) >= 11 is 0. The molecule has 0 aliphatic heterocycles. The van der Waals surface area contributed by atoms with E-state index in [1.54, 1.807) is 0 Å². The zero-order valence-corrected chi connectivity index (χ0v) is 19.5. The highest BCUT2D eigenvalue weighted by molar-refractivity contribution is 6.11. The van der Waals surface area contributed by atoms with Crippen LogP contribution in [0.2, 0.25) is 0 Å². The molecule has 0 radical (unpaired) electrons. The van der Waals surface area contributed by atoms with Crippen LogP contribution in [0, 0.1) is 0 Å². The highest BCUT2D eigenvalue weighted by Gasteiger charge is 2.26. The summed E-state index contributed by atoms with van der Waals surface area (Å²) in [7, 11) is 1.38. The first-order valence-corrected chi connectivity index (χ1v) is 11.5. The lowest BCUT2D eigenvalue weighted by Gasteiger charge is -2.23. The number of hydrogen-bond donors (Lipinski definition) is 1. The minimum Gasteiger partial charge on any atom is -0.489 e. The zero-order chi connectivity index (χ0) is 23.9. The minimum atomic E-state index is -0.599. The van der Waals surface area contributed by atoms with Gasteiger partial charge in [-0.3, -0.25) is 4.79 Å². The molecule has 0 fully saturated rings. The molecule has 0 amide bonds. The minimum absolute atomic E-state index is 0.0235. The molecule has 0 heterocycles. The number of ketones is 1. The van der Waals surface area contributed by atoms with E-state index < -0.39 is 6.04 Å². The number of carbonyl (C=O) groups is 2. The first kappa shape index (κ1) is 23.3. The molecule has 1 atom stereocenters. The maximum absolute atomic E-state index is 13.0. The normalized spacial score (nSPS) is 15.2. The van der Waals surface area contributed by atoms with Crippen LogP contribution < -0.4 is 10.1 Å². The molecule has 1 N–H and O–H groups in total. The number of carbonyl (C=O) groups excluding carboxylic acids is 2. The van der Waals surface area contributed by atoms with Crippen molar-refractivity contribution in [2.75, 3.05) is 7.11 Å². The van der Waals surface area contributed by atoms with Gasteiger partial charge in [-0.05, 0) is 48.6 Å². The standard InChI is InChI=1S/C29H29NO4/c1-20(25-17-14-23-10-6-7-11-26(23)28(25)31)30-27(29(32)33-2)18-21-12-15-24(16-13-21)34-19-22-8-4-3-5-9-22/h3-13,15-16,27,30H,14,17-19H2,1-2H3/b25-20-/t27-/m0/s1. The third-order valence-corrected chi connectivity index (χ3v) is 6.12. The predicted molar refractivity (Wildman–Crippen MR) is 132 cm³/mol. The molecular formula is C29H29NO4. The van der Waals surface area contributed by atoms with Gasteiger partial charge in [0.15, 0.2) is 5.78 Å². The lowest BCUT2D eigenvalue weighted by molar-refractivity contribution is -0.142. The van der Waals surface area contributed by atoms with Gasteiger partial charge in [0.1, 0.15) is 18.4 Å². The second-order valence-corrected chi connectivity index (χ2v) is 8.43. The van der Waals surface area contributed by atoms with E-state index in [1.165, 1.54) is 7.11 Å². The SMILES string of the molecule is COC(=O)[C@H](Cc1ccc(OCc2ccccc2)cc1)N/C(C)=C1/CCc2ccccc2C1=O. The highest BCUT2D eigenvalue weighted by Crippen LogP contribution is 2.27. The second-order valence-electron chi connectivity index (χ2n) is 8.43.